The number of piperidine rings is 2. The van der Waals surface area contributed by atoms with E-state index >= 15 is 0 Å². The molecule has 1 saturated carbocycles. The molecule has 0 N–H and O–H groups in total. The van der Waals surface area contributed by atoms with Gasteiger partial charge in [0.05, 0.1) is 23.0 Å². The van der Waals surface area contributed by atoms with E-state index in [0.29, 0.717) is 37.1 Å². The van der Waals surface area contributed by atoms with Crippen molar-refractivity contribution in [3.63, 3.8) is 0 Å². The van der Waals surface area contributed by atoms with Crippen LogP contribution in [0, 0.1) is 0 Å². The van der Waals surface area contributed by atoms with E-state index in [-0.39, 0.29) is 23.9 Å². The minimum absolute atomic E-state index is 0.0835. The van der Waals surface area contributed by atoms with Crippen LogP contribution >= 0.6 is 11.6 Å². The van der Waals surface area contributed by atoms with Gasteiger partial charge in [-0.25, -0.2) is 9.97 Å². The molecule has 1 aliphatic carbocycles. The molecule has 5 heterocycles. The number of carbonyl (C=O) groups is 2. The number of likely N-dealkylation sites (tertiary alicyclic amines) is 2. The predicted molar refractivity (Wildman–Crippen MR) is 166 cm³/mol. The lowest BCUT2D eigenvalue weighted by molar-refractivity contribution is -0.134. The van der Waals surface area contributed by atoms with Crippen LogP contribution in [0.2, 0.25) is 5.15 Å². The summed E-state index contributed by atoms with van der Waals surface area (Å²) in [5.41, 5.74) is 4.95. The molecule has 3 fully saturated rings. The topological polar surface area (TPSA) is 74.6 Å². The van der Waals surface area contributed by atoms with Crippen LogP contribution in [0.25, 0.3) is 22.3 Å². The molecule has 1 spiro atoms. The van der Waals surface area contributed by atoms with Crippen molar-refractivity contribution in [2.45, 2.75) is 95.7 Å². The Hall–Kier alpha value is -2.97. The second-order valence-corrected chi connectivity index (χ2v) is 13.3. The number of imidazole rings is 1. The monoisotopic (exact) mass is 588 g/mol. The van der Waals surface area contributed by atoms with Gasteiger partial charge in [0.15, 0.2) is 5.15 Å². The maximum atomic E-state index is 14.5. The quantitative estimate of drug-likeness (QED) is 0.344. The molecule has 2 amide bonds. The van der Waals surface area contributed by atoms with Gasteiger partial charge in [0.25, 0.3) is 0 Å². The maximum Gasteiger partial charge on any atom is 0.238 e. The molecule has 2 aromatic heterocycles. The number of aromatic nitrogens is 3. The second-order valence-electron chi connectivity index (χ2n) is 12.9. The molecule has 42 heavy (non-hydrogen) atoms. The first-order valence-electron chi connectivity index (χ1n) is 15.8. The van der Waals surface area contributed by atoms with Gasteiger partial charge in [-0.15, -0.1) is 0 Å². The van der Waals surface area contributed by atoms with Crippen LogP contribution in [0.1, 0.15) is 83.7 Å². The molecular weight excluding hydrogens is 548 g/mol. The molecule has 1 atom stereocenters. The number of hydrogen-bond donors (Lipinski definition) is 0. The van der Waals surface area contributed by atoms with Gasteiger partial charge in [0, 0.05) is 49.4 Å². The summed E-state index contributed by atoms with van der Waals surface area (Å²) in [5.74, 6) is 0.300. The van der Waals surface area contributed by atoms with Crippen LogP contribution in [0.15, 0.2) is 30.6 Å². The highest BCUT2D eigenvalue weighted by Gasteiger charge is 2.55. The standard InChI is InChI=1S/C33H41ClN6O2/c1-4-21(2)39-20-35-28-19-27(36-31(34)30(28)39)23-8-9-26-29(16-23)40(25-17-24(18-25)38-12-6-5-7-13-38)32(42)33(26)10-14-37(15-11-33)22(3)41/h8-9,16,19-21,24-25H,4-7,10-15,17-18H2,1-3H3/t21-,24-,25+/m0/s1. The van der Waals surface area contributed by atoms with Crippen LogP contribution in [0.4, 0.5) is 5.69 Å². The minimum atomic E-state index is -0.569. The maximum absolute atomic E-state index is 14.5. The van der Waals surface area contributed by atoms with Crippen LogP contribution in [0.3, 0.4) is 0 Å². The Bertz CT molecular complexity index is 1530. The van der Waals surface area contributed by atoms with Crippen molar-refractivity contribution >= 4 is 40.1 Å². The fraction of sp³-hybridized carbons (Fsp3) is 0.576. The van der Waals surface area contributed by atoms with Gasteiger partial charge in [-0.3, -0.25) is 9.59 Å². The highest BCUT2D eigenvalue weighted by Crippen LogP contribution is 2.52. The van der Waals surface area contributed by atoms with Gasteiger partial charge in [-0.2, -0.15) is 0 Å². The summed E-state index contributed by atoms with van der Waals surface area (Å²) < 4.78 is 2.10. The third-order valence-corrected chi connectivity index (χ3v) is 11.0. The SMILES string of the molecule is CC[C@H](C)n1cnc2cc(-c3ccc4c(c3)N([C@H]3C[C@@H](N5CCCCC5)C3)C(=O)C43CCN(C(C)=O)CC3)nc(Cl)c21. The first-order valence-corrected chi connectivity index (χ1v) is 16.2. The zero-order chi connectivity index (χ0) is 29.2. The Morgan fingerprint density at radius 3 is 2.50 bits per heavy atom. The number of carbonyl (C=O) groups excluding carboxylic acids is 2. The Morgan fingerprint density at radius 2 is 1.81 bits per heavy atom. The van der Waals surface area contributed by atoms with E-state index in [1.165, 1.54) is 32.4 Å². The molecule has 0 bridgehead atoms. The van der Waals surface area contributed by atoms with E-state index in [0.717, 1.165) is 52.8 Å². The van der Waals surface area contributed by atoms with E-state index in [2.05, 4.69) is 51.4 Å². The highest BCUT2D eigenvalue weighted by molar-refractivity contribution is 6.34. The third kappa shape index (κ3) is 4.36. The van der Waals surface area contributed by atoms with Crippen molar-refractivity contribution in [2.24, 2.45) is 0 Å². The molecule has 8 nitrogen and oxygen atoms in total. The van der Waals surface area contributed by atoms with Crippen molar-refractivity contribution in [1.29, 1.82) is 0 Å². The van der Waals surface area contributed by atoms with Gasteiger partial charge in [0.2, 0.25) is 11.8 Å². The van der Waals surface area contributed by atoms with Crippen LogP contribution in [-0.4, -0.2) is 74.4 Å². The lowest BCUT2D eigenvalue weighted by atomic mass is 9.73. The summed E-state index contributed by atoms with van der Waals surface area (Å²) in [4.78, 5) is 42.7. The normalized spacial score (nSPS) is 24.7. The summed E-state index contributed by atoms with van der Waals surface area (Å²) in [6, 6.07) is 9.44. The van der Waals surface area contributed by atoms with Gasteiger partial charge in [-0.05, 0) is 82.7 Å². The number of nitrogens with zero attached hydrogens (tertiary/aromatic N) is 6. The summed E-state index contributed by atoms with van der Waals surface area (Å²) in [6.07, 6.45) is 10.1. The lowest BCUT2D eigenvalue weighted by Gasteiger charge is -2.48. The van der Waals surface area contributed by atoms with Gasteiger partial charge in [0.1, 0.15) is 5.52 Å². The number of rotatable bonds is 5. The summed E-state index contributed by atoms with van der Waals surface area (Å²) in [6.45, 7) is 9.52. The van der Waals surface area contributed by atoms with Crippen molar-refractivity contribution in [3.8, 4) is 11.3 Å². The average molecular weight is 589 g/mol. The number of halogens is 1. The van der Waals surface area contributed by atoms with Crippen LogP contribution < -0.4 is 4.90 Å². The van der Waals surface area contributed by atoms with Crippen molar-refractivity contribution in [1.82, 2.24) is 24.3 Å². The third-order valence-electron chi connectivity index (χ3n) is 10.7. The number of benzene rings is 1. The van der Waals surface area contributed by atoms with Crippen molar-refractivity contribution in [2.75, 3.05) is 31.1 Å². The van der Waals surface area contributed by atoms with Gasteiger partial charge < -0.3 is 19.3 Å². The lowest BCUT2D eigenvalue weighted by Crippen LogP contribution is -2.58. The molecule has 222 valence electrons. The van der Waals surface area contributed by atoms with Crippen molar-refractivity contribution < 1.29 is 9.59 Å². The van der Waals surface area contributed by atoms with E-state index in [9.17, 15) is 9.59 Å². The van der Waals surface area contributed by atoms with E-state index in [4.69, 9.17) is 16.6 Å². The molecule has 0 unspecified atom stereocenters. The Morgan fingerprint density at radius 1 is 1.07 bits per heavy atom. The molecule has 2 saturated heterocycles. The number of hydrogen-bond acceptors (Lipinski definition) is 5. The number of fused-ring (bicyclic) bond motifs is 3. The average Bonchev–Trinajstić information content (AvgIpc) is 3.51. The molecule has 0 radical (unpaired) electrons. The van der Waals surface area contributed by atoms with Crippen molar-refractivity contribution in [3.05, 3.63) is 41.3 Å². The second kappa shape index (κ2) is 10.6. The molecule has 4 aliphatic rings. The Labute approximate surface area is 253 Å². The fourth-order valence-corrected chi connectivity index (χ4v) is 8.13. The zero-order valence-corrected chi connectivity index (χ0v) is 25.7. The van der Waals surface area contributed by atoms with Gasteiger partial charge >= 0.3 is 0 Å². The molecular formula is C33H41ClN6O2. The van der Waals surface area contributed by atoms with Gasteiger partial charge in [-0.1, -0.05) is 37.1 Å². The fourth-order valence-electron chi connectivity index (χ4n) is 7.84. The smallest absolute Gasteiger partial charge is 0.238 e. The minimum Gasteiger partial charge on any atom is -0.343 e. The highest BCUT2D eigenvalue weighted by atomic mass is 35.5. The number of pyridine rings is 1. The molecule has 3 aromatic rings. The molecule has 3 aliphatic heterocycles. The largest absolute Gasteiger partial charge is 0.343 e. The van der Waals surface area contributed by atoms with E-state index in [1.807, 2.05) is 17.3 Å². The predicted octanol–water partition coefficient (Wildman–Crippen LogP) is 5.97. The Balaban J connectivity index is 1.25. The summed E-state index contributed by atoms with van der Waals surface area (Å²) in [5, 5.41) is 0.449. The Kier molecular flexibility index (Phi) is 7.05. The summed E-state index contributed by atoms with van der Waals surface area (Å²) in [7, 11) is 0. The zero-order valence-electron chi connectivity index (χ0n) is 25.0. The van der Waals surface area contributed by atoms with Crippen LogP contribution in [-0.2, 0) is 15.0 Å². The van der Waals surface area contributed by atoms with E-state index in [1.54, 1.807) is 6.92 Å². The van der Waals surface area contributed by atoms with Crippen LogP contribution in [0.5, 0.6) is 0 Å². The number of anilines is 1. The molecule has 7 rings (SSSR count). The molecule has 1 aromatic carbocycles. The summed E-state index contributed by atoms with van der Waals surface area (Å²) >= 11 is 6.78. The first kappa shape index (κ1) is 27.8. The van der Waals surface area contributed by atoms with E-state index < -0.39 is 5.41 Å². The number of amides is 2. The molecule has 9 heteroatoms. The first-order chi connectivity index (χ1) is 20.3.